The first-order valence-corrected chi connectivity index (χ1v) is 7.13. The Morgan fingerprint density at radius 3 is 2.53 bits per heavy atom. The molecule has 19 heavy (non-hydrogen) atoms. The fourth-order valence-electron chi connectivity index (χ4n) is 2.82. The highest BCUT2D eigenvalue weighted by atomic mass is 16.3. The second-order valence-electron chi connectivity index (χ2n) is 5.22. The van der Waals surface area contributed by atoms with Crippen LogP contribution in [-0.2, 0) is 6.61 Å². The maximum atomic E-state index is 9.61. The Hall–Kier alpha value is -1.61. The molecule has 3 rings (SSSR count). The van der Waals surface area contributed by atoms with E-state index in [0.29, 0.717) is 0 Å². The lowest BCUT2D eigenvalue weighted by atomic mass is 10.1. The molecule has 2 heterocycles. The van der Waals surface area contributed by atoms with E-state index in [1.54, 1.807) is 0 Å². The number of aliphatic hydroxyl groups is 1. The summed E-state index contributed by atoms with van der Waals surface area (Å²) in [6.45, 7) is 2.17. The minimum atomic E-state index is 0.0592. The fourth-order valence-corrected chi connectivity index (χ4v) is 2.82. The molecule has 1 aromatic carbocycles. The average Bonchev–Trinajstić information content (AvgIpc) is 2.74. The van der Waals surface area contributed by atoms with Crippen molar-refractivity contribution in [2.45, 2.75) is 32.3 Å². The number of aliphatic hydroxyl groups excluding tert-OH is 1. The molecule has 0 saturated carbocycles. The highest BCUT2D eigenvalue weighted by molar-refractivity contribution is 5.81. The van der Waals surface area contributed by atoms with Crippen molar-refractivity contribution in [2.24, 2.45) is 0 Å². The van der Waals surface area contributed by atoms with E-state index in [1.165, 1.54) is 25.7 Å². The standard InChI is InChI=1S/C16H20N2O/c19-12-14-11-13-7-3-4-8-15(13)17-16(14)18-9-5-1-2-6-10-18/h3-4,7-8,11,19H,1-2,5-6,9-10,12H2. The van der Waals surface area contributed by atoms with E-state index < -0.39 is 0 Å². The van der Waals surface area contributed by atoms with Crippen LogP contribution in [-0.4, -0.2) is 23.2 Å². The van der Waals surface area contributed by atoms with E-state index in [2.05, 4.69) is 11.0 Å². The van der Waals surface area contributed by atoms with Gasteiger partial charge in [-0.1, -0.05) is 31.0 Å². The molecule has 1 fully saturated rings. The van der Waals surface area contributed by atoms with E-state index in [0.717, 1.165) is 35.4 Å². The Bertz CT molecular complexity index is 560. The summed E-state index contributed by atoms with van der Waals surface area (Å²) in [7, 11) is 0. The maximum Gasteiger partial charge on any atom is 0.134 e. The zero-order chi connectivity index (χ0) is 13.1. The van der Waals surface area contributed by atoms with Crippen molar-refractivity contribution >= 4 is 16.7 Å². The lowest BCUT2D eigenvalue weighted by Crippen LogP contribution is -2.26. The van der Waals surface area contributed by atoms with E-state index in [1.807, 2.05) is 24.3 Å². The van der Waals surface area contributed by atoms with Crippen LogP contribution in [0.15, 0.2) is 30.3 Å². The quantitative estimate of drug-likeness (QED) is 0.897. The van der Waals surface area contributed by atoms with Gasteiger partial charge in [0.1, 0.15) is 5.82 Å². The van der Waals surface area contributed by atoms with Gasteiger partial charge in [-0.05, 0) is 25.0 Å². The summed E-state index contributed by atoms with van der Waals surface area (Å²) >= 11 is 0. The Kier molecular flexibility index (Phi) is 3.65. The van der Waals surface area contributed by atoms with Gasteiger partial charge in [0.05, 0.1) is 12.1 Å². The summed E-state index contributed by atoms with van der Waals surface area (Å²) in [5, 5.41) is 10.7. The summed E-state index contributed by atoms with van der Waals surface area (Å²) in [6, 6.07) is 10.2. The number of hydrogen-bond acceptors (Lipinski definition) is 3. The summed E-state index contributed by atoms with van der Waals surface area (Å²) in [4.78, 5) is 7.12. The molecule has 1 aromatic heterocycles. The number of rotatable bonds is 2. The lowest BCUT2D eigenvalue weighted by Gasteiger charge is -2.24. The van der Waals surface area contributed by atoms with Gasteiger partial charge in [-0.25, -0.2) is 4.98 Å². The van der Waals surface area contributed by atoms with Gasteiger partial charge in [-0.2, -0.15) is 0 Å². The molecule has 0 bridgehead atoms. The van der Waals surface area contributed by atoms with Crippen LogP contribution in [0.1, 0.15) is 31.2 Å². The van der Waals surface area contributed by atoms with Gasteiger partial charge >= 0.3 is 0 Å². The van der Waals surface area contributed by atoms with Crippen molar-refractivity contribution in [1.82, 2.24) is 4.98 Å². The van der Waals surface area contributed by atoms with Gasteiger partial charge in [0.2, 0.25) is 0 Å². The van der Waals surface area contributed by atoms with Crippen LogP contribution in [0.2, 0.25) is 0 Å². The third-order valence-electron chi connectivity index (χ3n) is 3.86. The molecule has 0 aliphatic carbocycles. The molecule has 0 unspecified atom stereocenters. The lowest BCUT2D eigenvalue weighted by molar-refractivity contribution is 0.282. The molecular weight excluding hydrogens is 236 g/mol. The van der Waals surface area contributed by atoms with Crippen molar-refractivity contribution in [2.75, 3.05) is 18.0 Å². The minimum absolute atomic E-state index is 0.0592. The Balaban J connectivity index is 2.04. The SMILES string of the molecule is OCc1cc2ccccc2nc1N1CCCCCC1. The molecule has 1 aliphatic heterocycles. The van der Waals surface area contributed by atoms with E-state index in [4.69, 9.17) is 4.98 Å². The predicted octanol–water partition coefficient (Wildman–Crippen LogP) is 3.11. The Morgan fingerprint density at radius 1 is 1.05 bits per heavy atom. The van der Waals surface area contributed by atoms with Crippen molar-refractivity contribution in [1.29, 1.82) is 0 Å². The average molecular weight is 256 g/mol. The second kappa shape index (κ2) is 5.57. The Labute approximate surface area is 113 Å². The highest BCUT2D eigenvalue weighted by Crippen LogP contribution is 2.25. The largest absolute Gasteiger partial charge is 0.392 e. The molecule has 2 aromatic rings. The van der Waals surface area contributed by atoms with Crippen molar-refractivity contribution in [3.63, 3.8) is 0 Å². The van der Waals surface area contributed by atoms with E-state index in [9.17, 15) is 5.11 Å². The first kappa shape index (κ1) is 12.4. The van der Waals surface area contributed by atoms with Crippen molar-refractivity contribution in [3.8, 4) is 0 Å². The molecule has 3 heteroatoms. The van der Waals surface area contributed by atoms with E-state index >= 15 is 0 Å². The highest BCUT2D eigenvalue weighted by Gasteiger charge is 2.15. The molecule has 0 atom stereocenters. The number of hydrogen-bond donors (Lipinski definition) is 1. The normalized spacial score (nSPS) is 16.6. The molecule has 100 valence electrons. The molecule has 1 aliphatic rings. The summed E-state index contributed by atoms with van der Waals surface area (Å²) in [5.74, 6) is 0.975. The first-order valence-electron chi connectivity index (χ1n) is 7.13. The van der Waals surface area contributed by atoms with Crippen molar-refractivity contribution < 1.29 is 5.11 Å². The number of aromatic nitrogens is 1. The number of pyridine rings is 1. The first-order chi connectivity index (χ1) is 9.38. The maximum absolute atomic E-state index is 9.61. The number of anilines is 1. The van der Waals surface area contributed by atoms with Crippen LogP contribution in [0.3, 0.4) is 0 Å². The number of para-hydroxylation sites is 1. The zero-order valence-corrected chi connectivity index (χ0v) is 11.2. The summed E-state index contributed by atoms with van der Waals surface area (Å²) in [5.41, 5.74) is 1.96. The molecule has 0 radical (unpaired) electrons. The van der Waals surface area contributed by atoms with E-state index in [-0.39, 0.29) is 6.61 Å². The minimum Gasteiger partial charge on any atom is -0.392 e. The molecule has 0 spiro atoms. The molecular formula is C16H20N2O. The number of nitrogens with zero attached hydrogens (tertiary/aromatic N) is 2. The van der Waals surface area contributed by atoms with Crippen LogP contribution in [0.4, 0.5) is 5.82 Å². The smallest absolute Gasteiger partial charge is 0.134 e. The monoisotopic (exact) mass is 256 g/mol. The van der Waals surface area contributed by atoms with Gasteiger partial charge in [0.15, 0.2) is 0 Å². The van der Waals surface area contributed by atoms with Crippen LogP contribution in [0.25, 0.3) is 10.9 Å². The van der Waals surface area contributed by atoms with Gasteiger partial charge in [-0.15, -0.1) is 0 Å². The van der Waals surface area contributed by atoms with Gasteiger partial charge in [0, 0.05) is 24.0 Å². The third kappa shape index (κ3) is 2.56. The Morgan fingerprint density at radius 2 is 1.79 bits per heavy atom. The topological polar surface area (TPSA) is 36.4 Å². The molecule has 1 saturated heterocycles. The fraction of sp³-hybridized carbons (Fsp3) is 0.438. The second-order valence-corrected chi connectivity index (χ2v) is 5.22. The molecule has 1 N–H and O–H groups in total. The van der Waals surface area contributed by atoms with Gasteiger partial charge in [-0.3, -0.25) is 0 Å². The predicted molar refractivity (Wildman–Crippen MR) is 78.3 cm³/mol. The summed E-state index contributed by atoms with van der Waals surface area (Å²) < 4.78 is 0. The molecule has 3 nitrogen and oxygen atoms in total. The van der Waals surface area contributed by atoms with Crippen LogP contribution in [0, 0.1) is 0 Å². The van der Waals surface area contributed by atoms with Crippen LogP contribution < -0.4 is 4.90 Å². The number of fused-ring (bicyclic) bond motifs is 1. The van der Waals surface area contributed by atoms with Gasteiger partial charge < -0.3 is 10.0 Å². The third-order valence-corrected chi connectivity index (χ3v) is 3.86. The van der Waals surface area contributed by atoms with Crippen molar-refractivity contribution in [3.05, 3.63) is 35.9 Å². The zero-order valence-electron chi connectivity index (χ0n) is 11.2. The summed E-state index contributed by atoms with van der Waals surface area (Å²) in [6.07, 6.45) is 5.05. The number of benzene rings is 1. The van der Waals surface area contributed by atoms with Gasteiger partial charge in [0.25, 0.3) is 0 Å². The van der Waals surface area contributed by atoms with Crippen LogP contribution >= 0.6 is 0 Å². The van der Waals surface area contributed by atoms with Crippen LogP contribution in [0.5, 0.6) is 0 Å². The molecule has 0 amide bonds.